The molecule has 1 unspecified atom stereocenters. The normalized spacial score (nSPS) is 18.2. The summed E-state index contributed by atoms with van der Waals surface area (Å²) in [5.41, 5.74) is 2.50. The van der Waals surface area contributed by atoms with E-state index in [0.29, 0.717) is 44.9 Å². The van der Waals surface area contributed by atoms with Gasteiger partial charge < -0.3 is 23.8 Å². The fourth-order valence-electron chi connectivity index (χ4n) is 4.25. The maximum Gasteiger partial charge on any atom is 0.410 e. The van der Waals surface area contributed by atoms with Crippen LogP contribution in [0.4, 0.5) is 4.79 Å². The lowest BCUT2D eigenvalue weighted by Crippen LogP contribution is -2.35. The van der Waals surface area contributed by atoms with Crippen LogP contribution in [0.5, 0.6) is 5.75 Å². The molecule has 1 amide bonds. The van der Waals surface area contributed by atoms with Gasteiger partial charge in [0.1, 0.15) is 11.9 Å². The zero-order valence-electron chi connectivity index (χ0n) is 21.8. The third-order valence-corrected chi connectivity index (χ3v) is 7.17. The number of hydrogen-bond donors (Lipinski definition) is 1. The van der Waals surface area contributed by atoms with Gasteiger partial charge in [-0.15, -0.1) is 0 Å². The van der Waals surface area contributed by atoms with Crippen LogP contribution in [0.3, 0.4) is 0 Å². The molecule has 1 saturated heterocycles. The molecule has 0 bridgehead atoms. The van der Waals surface area contributed by atoms with E-state index in [9.17, 15) is 13.2 Å². The highest BCUT2D eigenvalue weighted by Gasteiger charge is 2.33. The molecule has 2 aliphatic rings. The van der Waals surface area contributed by atoms with Crippen molar-refractivity contribution >= 4 is 16.1 Å². The van der Waals surface area contributed by atoms with Crippen molar-refractivity contribution in [3.63, 3.8) is 0 Å². The monoisotopic (exact) mass is 542 g/mol. The second-order valence-electron chi connectivity index (χ2n) is 9.77. The molecule has 2 heterocycles. The summed E-state index contributed by atoms with van der Waals surface area (Å²) in [5, 5.41) is 5.14. The molecule has 4 rings (SSSR count). The highest BCUT2D eigenvalue weighted by atomic mass is 32.2. The molecular formula is C28H34N2O7S. The Morgan fingerprint density at radius 2 is 1.97 bits per heavy atom. The highest BCUT2D eigenvalue weighted by molar-refractivity contribution is 7.89. The fourth-order valence-corrected chi connectivity index (χ4v) is 4.81. The number of ether oxygens (including phenoxy) is 4. The summed E-state index contributed by atoms with van der Waals surface area (Å²) < 4.78 is 45.6. The Morgan fingerprint density at radius 1 is 1.13 bits per heavy atom. The summed E-state index contributed by atoms with van der Waals surface area (Å²) in [7, 11) is -3.74. The minimum Gasteiger partial charge on any atom is -0.463 e. The SMILES string of the molecule is CC1(C)OCc2cc(C3CN(CCCCCOCCC#Cc4cccc(S(N)(=O)=O)c4)C(=O)O3)ccc2O1. The number of carbonyl (C=O) groups is 1. The van der Waals surface area contributed by atoms with Crippen molar-refractivity contribution in [1.29, 1.82) is 0 Å². The molecule has 38 heavy (non-hydrogen) atoms. The van der Waals surface area contributed by atoms with E-state index in [0.717, 1.165) is 36.1 Å². The number of nitrogens with zero attached hydrogens (tertiary/aromatic N) is 1. The van der Waals surface area contributed by atoms with Gasteiger partial charge in [-0.1, -0.05) is 24.0 Å². The lowest BCUT2D eigenvalue weighted by molar-refractivity contribution is -0.180. The molecule has 2 aliphatic heterocycles. The predicted octanol–water partition coefficient (Wildman–Crippen LogP) is 4.10. The Hall–Kier alpha value is -3.10. The summed E-state index contributed by atoms with van der Waals surface area (Å²) in [6, 6.07) is 12.1. The van der Waals surface area contributed by atoms with Crippen molar-refractivity contribution in [2.75, 3.05) is 26.3 Å². The molecule has 204 valence electrons. The van der Waals surface area contributed by atoms with Crippen LogP contribution in [0.1, 0.15) is 62.3 Å². The van der Waals surface area contributed by atoms with Gasteiger partial charge in [0.05, 0.1) is 24.7 Å². The molecule has 10 heteroatoms. The van der Waals surface area contributed by atoms with E-state index in [1.165, 1.54) is 12.1 Å². The van der Waals surface area contributed by atoms with Crippen molar-refractivity contribution < 1.29 is 32.2 Å². The van der Waals surface area contributed by atoms with Gasteiger partial charge in [-0.2, -0.15) is 0 Å². The third kappa shape index (κ3) is 7.71. The number of carbonyl (C=O) groups excluding carboxylic acids is 1. The molecule has 2 aromatic rings. The summed E-state index contributed by atoms with van der Waals surface area (Å²) in [4.78, 5) is 14.1. The zero-order chi connectivity index (χ0) is 27.2. The van der Waals surface area contributed by atoms with Crippen molar-refractivity contribution in [3.8, 4) is 17.6 Å². The van der Waals surface area contributed by atoms with Crippen LogP contribution in [0, 0.1) is 11.8 Å². The first-order valence-electron chi connectivity index (χ1n) is 12.7. The largest absolute Gasteiger partial charge is 0.463 e. The maximum absolute atomic E-state index is 12.3. The van der Waals surface area contributed by atoms with Crippen molar-refractivity contribution in [3.05, 3.63) is 59.2 Å². The van der Waals surface area contributed by atoms with Crippen molar-refractivity contribution in [2.45, 2.75) is 62.9 Å². The van der Waals surface area contributed by atoms with Crippen LogP contribution in [0.15, 0.2) is 47.4 Å². The fraction of sp³-hybridized carbons (Fsp3) is 0.464. The predicted molar refractivity (Wildman–Crippen MR) is 141 cm³/mol. The Labute approximate surface area is 224 Å². The number of benzene rings is 2. The van der Waals surface area contributed by atoms with Gasteiger partial charge in [-0.05, 0) is 55.2 Å². The number of hydrogen-bond acceptors (Lipinski definition) is 7. The summed E-state index contributed by atoms with van der Waals surface area (Å²) in [6.07, 6.45) is 2.65. The van der Waals surface area contributed by atoms with Gasteiger partial charge in [0.2, 0.25) is 15.8 Å². The van der Waals surface area contributed by atoms with Gasteiger partial charge >= 0.3 is 6.09 Å². The Morgan fingerprint density at radius 3 is 2.79 bits per heavy atom. The Bertz CT molecular complexity index is 1310. The molecule has 0 spiro atoms. The van der Waals surface area contributed by atoms with Crippen LogP contribution in [0.25, 0.3) is 0 Å². The Kier molecular flexibility index (Phi) is 8.95. The molecule has 0 aromatic heterocycles. The molecule has 1 fully saturated rings. The number of fused-ring (bicyclic) bond motifs is 1. The summed E-state index contributed by atoms with van der Waals surface area (Å²) >= 11 is 0. The minimum absolute atomic E-state index is 0.0475. The quantitative estimate of drug-likeness (QED) is 0.355. The first-order chi connectivity index (χ1) is 18.1. The van der Waals surface area contributed by atoms with E-state index in [1.807, 2.05) is 32.0 Å². The van der Waals surface area contributed by atoms with E-state index in [-0.39, 0.29) is 17.1 Å². The van der Waals surface area contributed by atoms with Crippen molar-refractivity contribution in [1.82, 2.24) is 4.90 Å². The molecular weight excluding hydrogens is 508 g/mol. The number of primary sulfonamides is 1. The lowest BCUT2D eigenvalue weighted by Gasteiger charge is -2.32. The molecule has 1 atom stereocenters. The lowest BCUT2D eigenvalue weighted by atomic mass is 10.0. The molecule has 2 aromatic carbocycles. The Balaban J connectivity index is 1.10. The second kappa shape index (κ2) is 12.2. The number of rotatable bonds is 10. The number of nitrogens with two attached hydrogens (primary N) is 1. The summed E-state index contributed by atoms with van der Waals surface area (Å²) in [6.45, 7) is 6.51. The highest BCUT2D eigenvalue weighted by Crippen LogP contribution is 2.35. The van der Waals surface area contributed by atoms with Gasteiger partial charge in [0.25, 0.3) is 0 Å². The first-order valence-corrected chi connectivity index (χ1v) is 14.3. The van der Waals surface area contributed by atoms with E-state index >= 15 is 0 Å². The minimum atomic E-state index is -3.74. The van der Waals surface area contributed by atoms with Crippen LogP contribution in [0.2, 0.25) is 0 Å². The number of cyclic esters (lactones) is 1. The average molecular weight is 543 g/mol. The number of amides is 1. The van der Waals surface area contributed by atoms with Crippen molar-refractivity contribution in [2.24, 2.45) is 5.14 Å². The topological polar surface area (TPSA) is 117 Å². The van der Waals surface area contributed by atoms with E-state index in [2.05, 4.69) is 11.8 Å². The van der Waals surface area contributed by atoms with E-state index in [4.69, 9.17) is 24.1 Å². The van der Waals surface area contributed by atoms with Gasteiger partial charge in [0.15, 0.2) is 0 Å². The van der Waals surface area contributed by atoms with Gasteiger partial charge in [-0.25, -0.2) is 18.4 Å². The molecule has 0 radical (unpaired) electrons. The van der Waals surface area contributed by atoms with Crippen LogP contribution >= 0.6 is 0 Å². The number of sulfonamides is 1. The molecule has 0 aliphatic carbocycles. The first kappa shape index (κ1) is 27.9. The van der Waals surface area contributed by atoms with Gasteiger partial charge in [0, 0.05) is 44.5 Å². The smallest absolute Gasteiger partial charge is 0.410 e. The summed E-state index contributed by atoms with van der Waals surface area (Å²) in [5.74, 6) is 6.06. The number of unbranched alkanes of at least 4 members (excludes halogenated alkanes) is 2. The van der Waals surface area contributed by atoms with Crippen LogP contribution in [-0.2, 0) is 30.8 Å². The zero-order valence-corrected chi connectivity index (χ0v) is 22.6. The molecule has 9 nitrogen and oxygen atoms in total. The molecule has 2 N–H and O–H groups in total. The van der Waals surface area contributed by atoms with Crippen LogP contribution in [-0.4, -0.2) is 51.5 Å². The van der Waals surface area contributed by atoms with E-state index < -0.39 is 15.8 Å². The standard InChI is InChI=1S/C28H34N2O7S/c1-28(2)35-20-23-18-22(12-13-25(23)37-28)26-19-30(27(31)36-26)14-5-3-6-15-34-16-7-4-9-21-10-8-11-24(17-21)38(29,32)33/h8,10-13,17-18,26H,3,5-7,14-16,19-20H2,1-2H3,(H2,29,32,33). The van der Waals surface area contributed by atoms with Crippen LogP contribution < -0.4 is 9.88 Å². The van der Waals surface area contributed by atoms with E-state index in [1.54, 1.807) is 17.0 Å². The second-order valence-corrected chi connectivity index (χ2v) is 11.3. The third-order valence-electron chi connectivity index (χ3n) is 6.26. The maximum atomic E-state index is 12.3. The average Bonchev–Trinajstić information content (AvgIpc) is 3.24. The molecule has 0 saturated carbocycles. The van der Waals surface area contributed by atoms with Gasteiger partial charge in [-0.3, -0.25) is 0 Å².